The molecule has 6 aromatic carbocycles. The predicted octanol–water partition coefficient (Wildman–Crippen LogP) is 11.1. The van der Waals surface area contributed by atoms with E-state index >= 15 is 52.7 Å². The predicted molar refractivity (Wildman–Crippen MR) is 217 cm³/mol. The third-order valence-corrected chi connectivity index (χ3v) is 16.4. The van der Waals surface area contributed by atoms with Crippen molar-refractivity contribution in [3.05, 3.63) is 200 Å². The van der Waals surface area contributed by atoms with Gasteiger partial charge in [0.2, 0.25) is 0 Å². The molecule has 0 spiro atoms. The van der Waals surface area contributed by atoms with Crippen molar-refractivity contribution < 1.29 is 65.9 Å². The molecule has 7 rings (SSSR count). The first-order valence-electron chi connectivity index (χ1n) is 19.5. The van der Waals surface area contributed by atoms with Gasteiger partial charge in [-0.3, -0.25) is 0 Å². The lowest BCUT2D eigenvalue weighted by atomic mass is 9.14. The fourth-order valence-electron chi connectivity index (χ4n) is 9.05. The zero-order valence-electron chi connectivity index (χ0n) is 33.6. The summed E-state index contributed by atoms with van der Waals surface area (Å²) >= 11 is 0. The zero-order chi connectivity index (χ0) is 46.7. The van der Waals surface area contributed by atoms with Crippen LogP contribution in [0.4, 0.5) is 65.9 Å². The minimum Gasteiger partial charge on any atom is -0.227 e. The third kappa shape index (κ3) is 7.03. The van der Waals surface area contributed by atoms with Crippen molar-refractivity contribution >= 4 is 45.7 Å². The van der Waals surface area contributed by atoms with Gasteiger partial charge in [0.05, 0.1) is 5.82 Å². The second-order valence-corrected chi connectivity index (χ2v) is 18.7. The van der Waals surface area contributed by atoms with Crippen LogP contribution in [0.1, 0.15) is 42.4 Å². The highest BCUT2D eigenvalue weighted by molar-refractivity contribution is 7.98. The average Bonchev–Trinajstić information content (AvgIpc) is 3.28. The molecule has 1 saturated carbocycles. The Bertz CT molecular complexity index is 2590. The quantitative estimate of drug-likeness (QED) is 0.0469. The van der Waals surface area contributed by atoms with E-state index in [1.54, 1.807) is 99.4 Å². The summed E-state index contributed by atoms with van der Waals surface area (Å²) in [4.78, 5) is 0. The highest BCUT2D eigenvalue weighted by atomic mass is 31.2. The Kier molecular flexibility index (Phi) is 12.5. The van der Waals surface area contributed by atoms with E-state index < -0.39 is 129 Å². The third-order valence-electron chi connectivity index (χ3n) is 11.9. The highest BCUT2D eigenvalue weighted by Gasteiger charge is 2.50. The van der Waals surface area contributed by atoms with Crippen LogP contribution in [0.25, 0.3) is 0 Å². The summed E-state index contributed by atoms with van der Waals surface area (Å²) in [5, 5.41) is 2.06. The van der Waals surface area contributed by atoms with Crippen molar-refractivity contribution in [2.75, 3.05) is 0 Å². The molecule has 1 aliphatic rings. The molecule has 0 aromatic heterocycles. The number of halogens is 15. The lowest BCUT2D eigenvalue weighted by Crippen LogP contribution is -2.72. The first-order valence-corrected chi connectivity index (χ1v) is 21.3. The molecule has 0 unspecified atom stereocenters. The summed E-state index contributed by atoms with van der Waals surface area (Å²) in [5.41, 5.74) is -6.27. The fourth-order valence-corrected chi connectivity index (χ4v) is 13.9. The van der Waals surface area contributed by atoms with Crippen LogP contribution in [-0.4, -0.2) is 6.15 Å². The van der Waals surface area contributed by atoms with E-state index in [9.17, 15) is 13.2 Å². The molecule has 0 N–H and O–H groups in total. The van der Waals surface area contributed by atoms with E-state index in [2.05, 4.69) is 0 Å². The Labute approximate surface area is 357 Å². The maximum Gasteiger partial charge on any atom is 0.200 e. The monoisotopic (exact) mass is 922 g/mol. The standard InChI is InChI=1S/C47H31BF15P/c1-22-12-4-9-17-27(22)64(28-18-10-5-13-23(28)2,29-19-11-6-14-24(29)3)21-26-16-8-7-15-25(26)20-48(30-33(49)39(55)45(61)40(56)34(30)50,31-35(51)41(57)46(62)42(58)36(31)52)32-37(53)43(59)47(63)44(60)38(32)54/h4-6,9-14,17-21H,7-8,15-16H2,1-3H3. The van der Waals surface area contributed by atoms with E-state index in [0.29, 0.717) is 32.6 Å². The molecule has 6 aromatic rings. The van der Waals surface area contributed by atoms with Gasteiger partial charge < -0.3 is 0 Å². The Morgan fingerprint density at radius 3 is 0.891 bits per heavy atom. The van der Waals surface area contributed by atoms with Gasteiger partial charge in [-0.1, -0.05) is 60.2 Å². The normalized spacial score (nSPS) is 14.8. The maximum absolute atomic E-state index is 16.5. The first-order chi connectivity index (χ1) is 30.2. The van der Waals surface area contributed by atoms with Crippen LogP contribution in [0.2, 0.25) is 0 Å². The number of aryl methyl sites for hydroxylation is 3. The van der Waals surface area contributed by atoms with Gasteiger partial charge in [0.25, 0.3) is 0 Å². The molecule has 332 valence electrons. The van der Waals surface area contributed by atoms with Crippen LogP contribution >= 0.6 is 7.26 Å². The molecule has 0 amide bonds. The topological polar surface area (TPSA) is 0 Å². The molecule has 17 heteroatoms. The number of hydrogen-bond acceptors (Lipinski definition) is 0. The van der Waals surface area contributed by atoms with Gasteiger partial charge >= 0.3 is 0 Å². The number of allylic oxidation sites excluding steroid dienone is 2. The second-order valence-electron chi connectivity index (χ2n) is 15.5. The van der Waals surface area contributed by atoms with Gasteiger partial charge in [0.1, 0.15) is 64.2 Å². The van der Waals surface area contributed by atoms with Crippen LogP contribution in [0, 0.1) is 108 Å². The Morgan fingerprint density at radius 2 is 0.609 bits per heavy atom. The number of rotatable bonds is 8. The molecule has 0 atom stereocenters. The Balaban J connectivity index is 1.80. The van der Waals surface area contributed by atoms with E-state index in [1.807, 2.05) is 0 Å². The summed E-state index contributed by atoms with van der Waals surface area (Å²) in [5.74, 6) is -43.5. The molecule has 0 aliphatic heterocycles. The average molecular weight is 923 g/mol. The largest absolute Gasteiger partial charge is 0.227 e. The number of hydrogen-bond donors (Lipinski definition) is 0. The van der Waals surface area contributed by atoms with Crippen LogP contribution < -0.4 is 32.3 Å². The number of benzene rings is 6. The Morgan fingerprint density at radius 1 is 0.359 bits per heavy atom. The molecule has 0 heterocycles. The van der Waals surface area contributed by atoms with Gasteiger partial charge in [0, 0.05) is 0 Å². The minimum atomic E-state index is -5.91. The van der Waals surface area contributed by atoms with Gasteiger partial charge in [-0.15, -0.1) is 16.4 Å². The summed E-state index contributed by atoms with van der Waals surface area (Å²) in [6.45, 7) is 5.38. The van der Waals surface area contributed by atoms with Crippen LogP contribution in [0.5, 0.6) is 0 Å². The molecular weight excluding hydrogens is 891 g/mol. The molecule has 0 radical (unpaired) electrons. The van der Waals surface area contributed by atoms with Crippen molar-refractivity contribution in [1.82, 2.24) is 0 Å². The summed E-state index contributed by atoms with van der Waals surface area (Å²) < 4.78 is 236. The summed E-state index contributed by atoms with van der Waals surface area (Å²) in [7, 11) is -3.33. The van der Waals surface area contributed by atoms with Crippen molar-refractivity contribution in [2.24, 2.45) is 0 Å². The lowest BCUT2D eigenvalue weighted by Gasteiger charge is -2.43. The van der Waals surface area contributed by atoms with E-state index in [4.69, 9.17) is 0 Å². The first kappa shape index (κ1) is 46.2. The molecule has 0 nitrogen and oxygen atoms in total. The summed E-state index contributed by atoms with van der Waals surface area (Å²) in [6.07, 6.45) is -6.23. The molecule has 0 saturated heterocycles. The molecule has 0 bridgehead atoms. The van der Waals surface area contributed by atoms with Gasteiger partial charge in [-0.25, -0.2) is 71.8 Å². The lowest BCUT2D eigenvalue weighted by molar-refractivity contribution is 0.380. The van der Waals surface area contributed by atoms with Crippen molar-refractivity contribution in [2.45, 2.75) is 46.5 Å². The fraction of sp³-hybridized carbons (Fsp3) is 0.149. The summed E-state index contributed by atoms with van der Waals surface area (Å²) in [6, 6.07) is 21.2. The van der Waals surface area contributed by atoms with Gasteiger partial charge in [-0.2, -0.15) is 0 Å². The smallest absolute Gasteiger partial charge is 0.200 e. The van der Waals surface area contributed by atoms with Gasteiger partial charge in [-0.05, 0) is 86.9 Å². The SMILES string of the molecule is Cc1ccccc1[P+](C=C1CCCCC1=C[B-](c1c(F)c(F)c(F)c(F)c1F)(c1c(F)c(F)c(F)c(F)c1F)c1c(F)c(F)c(F)c(F)c1F)(c1ccccc1C)c1ccccc1C. The highest BCUT2D eigenvalue weighted by Crippen LogP contribution is 2.60. The van der Waals surface area contributed by atoms with E-state index in [1.165, 1.54) is 0 Å². The van der Waals surface area contributed by atoms with Crippen LogP contribution in [0.15, 0.2) is 95.7 Å². The van der Waals surface area contributed by atoms with Crippen molar-refractivity contribution in [3.8, 4) is 0 Å². The van der Waals surface area contributed by atoms with Crippen LogP contribution in [0.3, 0.4) is 0 Å². The van der Waals surface area contributed by atoms with Crippen LogP contribution in [-0.2, 0) is 0 Å². The molecular formula is C47H31BF15P. The van der Waals surface area contributed by atoms with Gasteiger partial charge in [0.15, 0.2) is 52.4 Å². The zero-order valence-corrected chi connectivity index (χ0v) is 34.5. The van der Waals surface area contributed by atoms with Crippen molar-refractivity contribution in [1.29, 1.82) is 0 Å². The molecule has 1 aliphatic carbocycles. The molecule has 1 fully saturated rings. The maximum atomic E-state index is 16.5. The van der Waals surface area contributed by atoms with E-state index in [-0.39, 0.29) is 30.8 Å². The molecule has 64 heavy (non-hydrogen) atoms. The Hall–Kier alpha value is -5.76. The van der Waals surface area contributed by atoms with E-state index in [0.717, 1.165) is 0 Å². The minimum absolute atomic E-state index is 0.00514. The second kappa shape index (κ2) is 17.3. The van der Waals surface area contributed by atoms with Crippen molar-refractivity contribution in [3.63, 3.8) is 0 Å².